The van der Waals surface area contributed by atoms with Crippen molar-refractivity contribution in [1.29, 1.82) is 0 Å². The van der Waals surface area contributed by atoms with Crippen LogP contribution in [-0.2, 0) is 6.42 Å². The Labute approximate surface area is 181 Å². The zero-order chi connectivity index (χ0) is 20.7. The van der Waals surface area contributed by atoms with E-state index in [9.17, 15) is 0 Å². The van der Waals surface area contributed by atoms with Gasteiger partial charge in [-0.1, -0.05) is 13.0 Å². The summed E-state index contributed by atoms with van der Waals surface area (Å²) in [6, 6.07) is 5.44. The minimum Gasteiger partial charge on any atom is -0.348 e. The first kappa shape index (κ1) is 20.7. The normalized spacial score (nSPS) is 21.3. The molecule has 1 aromatic carbocycles. The molecule has 5 heteroatoms. The molecule has 1 aliphatic carbocycles. The van der Waals surface area contributed by atoms with Gasteiger partial charge in [0.2, 0.25) is 0 Å². The van der Waals surface area contributed by atoms with Crippen LogP contribution in [0.25, 0.3) is 10.9 Å². The molecular formula is C24H36N4S. The third-order valence-corrected chi connectivity index (χ3v) is 7.43. The molecule has 0 unspecified atom stereocenters. The number of aryl methyl sites for hydroxylation is 1. The number of piperidine rings is 1. The summed E-state index contributed by atoms with van der Waals surface area (Å²) in [5, 5.41) is 2.30. The van der Waals surface area contributed by atoms with Gasteiger partial charge in [0.25, 0.3) is 0 Å². The summed E-state index contributed by atoms with van der Waals surface area (Å²) in [5.41, 5.74) is 10.6. The number of fused-ring (bicyclic) bond motifs is 2. The molecule has 1 N–H and O–H groups in total. The number of likely N-dealkylation sites (tertiary alicyclic amines) is 1. The van der Waals surface area contributed by atoms with E-state index >= 15 is 0 Å². The van der Waals surface area contributed by atoms with Crippen LogP contribution in [0.1, 0.15) is 68.3 Å². The molecule has 0 radical (unpaired) electrons. The van der Waals surface area contributed by atoms with Gasteiger partial charge in [-0.05, 0) is 101 Å². The maximum atomic E-state index is 5.75. The monoisotopic (exact) mass is 412 g/mol. The van der Waals surface area contributed by atoms with Gasteiger partial charge in [0.1, 0.15) is 0 Å². The van der Waals surface area contributed by atoms with E-state index in [-0.39, 0.29) is 0 Å². The summed E-state index contributed by atoms with van der Waals surface area (Å²) in [4.78, 5) is 4.97. The molecular weight excluding hydrogens is 376 g/mol. The van der Waals surface area contributed by atoms with Crippen LogP contribution in [0, 0.1) is 13.8 Å². The molecule has 0 spiro atoms. The Bertz CT molecular complexity index is 909. The van der Waals surface area contributed by atoms with Crippen molar-refractivity contribution >= 4 is 28.2 Å². The smallest absolute Gasteiger partial charge is 0.188 e. The molecule has 0 bridgehead atoms. The summed E-state index contributed by atoms with van der Waals surface area (Å²) in [6.45, 7) is 15.4. The third kappa shape index (κ3) is 3.46. The molecule has 2 heterocycles. The van der Waals surface area contributed by atoms with Gasteiger partial charge in [-0.3, -0.25) is 15.0 Å². The number of nitrogens with one attached hydrogen (secondary N) is 1. The van der Waals surface area contributed by atoms with E-state index in [2.05, 4.69) is 66.7 Å². The second-order valence-electron chi connectivity index (χ2n) is 8.79. The lowest BCUT2D eigenvalue weighted by molar-refractivity contribution is 0.124. The van der Waals surface area contributed by atoms with Crippen molar-refractivity contribution in [1.82, 2.24) is 14.5 Å². The van der Waals surface area contributed by atoms with Crippen LogP contribution in [0.2, 0.25) is 0 Å². The van der Waals surface area contributed by atoms with Gasteiger partial charge < -0.3 is 4.90 Å². The van der Waals surface area contributed by atoms with Gasteiger partial charge in [0.05, 0.1) is 5.52 Å². The van der Waals surface area contributed by atoms with E-state index in [1.807, 2.05) is 0 Å². The summed E-state index contributed by atoms with van der Waals surface area (Å²) < 4.78 is 2.27. The van der Waals surface area contributed by atoms with Crippen molar-refractivity contribution in [2.75, 3.05) is 31.6 Å². The number of hydrogen-bond acceptors (Lipinski definition) is 2. The van der Waals surface area contributed by atoms with E-state index in [1.165, 1.54) is 60.1 Å². The Hall–Kier alpha value is -1.59. The van der Waals surface area contributed by atoms with Gasteiger partial charge in [0.15, 0.2) is 5.11 Å². The lowest BCUT2D eigenvalue weighted by atomic mass is 9.74. The average Bonchev–Trinajstić information content (AvgIpc) is 2.96. The quantitative estimate of drug-likeness (QED) is 0.703. The van der Waals surface area contributed by atoms with Gasteiger partial charge in [-0.25, -0.2) is 0 Å². The predicted molar refractivity (Wildman–Crippen MR) is 128 cm³/mol. The van der Waals surface area contributed by atoms with Crippen LogP contribution in [0.5, 0.6) is 0 Å². The molecule has 2 aliphatic rings. The van der Waals surface area contributed by atoms with Crippen molar-refractivity contribution < 1.29 is 0 Å². The molecule has 29 heavy (non-hydrogen) atoms. The van der Waals surface area contributed by atoms with E-state index in [0.29, 0.717) is 12.0 Å². The van der Waals surface area contributed by atoms with Crippen molar-refractivity contribution in [3.05, 3.63) is 34.5 Å². The summed E-state index contributed by atoms with van der Waals surface area (Å²) in [5.74, 6) is 0.662. The lowest BCUT2D eigenvalue weighted by Gasteiger charge is -2.44. The summed E-state index contributed by atoms with van der Waals surface area (Å²) in [6.07, 6.45) is 5.03. The maximum absolute atomic E-state index is 5.75. The molecule has 1 aromatic heterocycles. The number of thiocarbonyl (C=S) groups is 1. The highest BCUT2D eigenvalue weighted by Gasteiger charge is 2.38. The minimum absolute atomic E-state index is 0.644. The van der Waals surface area contributed by atoms with Gasteiger partial charge >= 0.3 is 0 Å². The Morgan fingerprint density at radius 3 is 2.66 bits per heavy atom. The molecule has 0 amide bonds. The van der Waals surface area contributed by atoms with Crippen LogP contribution in [0.3, 0.4) is 0 Å². The summed E-state index contributed by atoms with van der Waals surface area (Å²) >= 11 is 5.75. The lowest BCUT2D eigenvalue weighted by Crippen LogP contribution is -2.47. The maximum Gasteiger partial charge on any atom is 0.188 e. The molecule has 0 saturated carbocycles. The fourth-order valence-corrected chi connectivity index (χ4v) is 6.04. The van der Waals surface area contributed by atoms with Gasteiger partial charge in [0, 0.05) is 36.1 Å². The molecule has 158 valence electrons. The van der Waals surface area contributed by atoms with Crippen molar-refractivity contribution in [2.24, 2.45) is 0 Å². The first-order valence-corrected chi connectivity index (χ1v) is 11.8. The molecule has 2 atom stereocenters. The fraction of sp³-hybridized carbons (Fsp3) is 0.625. The molecule has 1 fully saturated rings. The average molecular weight is 413 g/mol. The molecule has 4 nitrogen and oxygen atoms in total. The van der Waals surface area contributed by atoms with E-state index in [4.69, 9.17) is 12.2 Å². The van der Waals surface area contributed by atoms with E-state index in [0.717, 1.165) is 24.6 Å². The zero-order valence-electron chi connectivity index (χ0n) is 18.7. The van der Waals surface area contributed by atoms with Gasteiger partial charge in [-0.2, -0.15) is 0 Å². The predicted octanol–water partition coefficient (Wildman–Crippen LogP) is 4.94. The van der Waals surface area contributed by atoms with Crippen LogP contribution >= 0.6 is 12.2 Å². The standard InChI is InChI=1S/C24H36N4S/c1-6-11-27-12-9-10-18-20-13-16(4)14-22-23(20)19(15-21(18)27)17(5)28(22)25-24(29)26(7-2)8-3/h13-14,18,21H,6-12,15H2,1-5H3,(H,25,29)/t18-,21-/m1/s1. The molecule has 2 aromatic rings. The largest absolute Gasteiger partial charge is 0.348 e. The highest BCUT2D eigenvalue weighted by Crippen LogP contribution is 2.45. The molecule has 1 saturated heterocycles. The van der Waals surface area contributed by atoms with Crippen molar-refractivity contribution in [3.8, 4) is 0 Å². The molecule has 4 rings (SSSR count). The number of hydrogen-bond donors (Lipinski definition) is 1. The van der Waals surface area contributed by atoms with Crippen LogP contribution in [0.4, 0.5) is 0 Å². The number of rotatable bonds is 5. The zero-order valence-corrected chi connectivity index (χ0v) is 19.5. The Morgan fingerprint density at radius 2 is 1.97 bits per heavy atom. The first-order chi connectivity index (χ1) is 14.0. The highest BCUT2D eigenvalue weighted by molar-refractivity contribution is 7.80. The Kier molecular flexibility index (Phi) is 5.90. The third-order valence-electron chi connectivity index (χ3n) is 7.08. The second-order valence-corrected chi connectivity index (χ2v) is 9.18. The van der Waals surface area contributed by atoms with E-state index < -0.39 is 0 Å². The SMILES string of the molecule is CCCN1CCC[C@@H]2c3cc(C)cc4c3c(c(C)n4NC(=S)N(CC)CC)C[C@H]21. The Morgan fingerprint density at radius 1 is 1.21 bits per heavy atom. The van der Waals surface area contributed by atoms with Crippen LogP contribution in [-0.4, -0.2) is 51.8 Å². The first-order valence-electron chi connectivity index (χ1n) is 11.4. The van der Waals surface area contributed by atoms with Crippen molar-refractivity contribution in [2.45, 2.75) is 72.3 Å². The second kappa shape index (κ2) is 8.27. The number of benzene rings is 1. The van der Waals surface area contributed by atoms with Crippen LogP contribution < -0.4 is 5.43 Å². The number of nitrogens with zero attached hydrogens (tertiary/aromatic N) is 3. The number of aromatic nitrogens is 1. The highest BCUT2D eigenvalue weighted by atomic mass is 32.1. The minimum atomic E-state index is 0.644. The molecule has 1 aliphatic heterocycles. The van der Waals surface area contributed by atoms with Crippen LogP contribution in [0.15, 0.2) is 12.1 Å². The van der Waals surface area contributed by atoms with Crippen molar-refractivity contribution in [3.63, 3.8) is 0 Å². The van der Waals surface area contributed by atoms with Gasteiger partial charge in [-0.15, -0.1) is 0 Å². The van der Waals surface area contributed by atoms with E-state index in [1.54, 1.807) is 5.56 Å². The summed E-state index contributed by atoms with van der Waals surface area (Å²) in [7, 11) is 0. The topological polar surface area (TPSA) is 23.4 Å². The Balaban J connectivity index is 1.82. The fourth-order valence-electron chi connectivity index (χ4n) is 5.70.